The molecular weight excluding hydrogens is 388 g/mol. The molecule has 1 N–H and O–H groups in total. The van der Waals surface area contributed by atoms with E-state index in [1.54, 1.807) is 0 Å². The first kappa shape index (κ1) is 15.9. The maximum atomic E-state index is 9.97. The number of phenolic OH excluding ortho intramolecular Hbond substituents is 1. The van der Waals surface area contributed by atoms with Gasteiger partial charge in [0.05, 0.1) is 26.8 Å². The third kappa shape index (κ3) is 2.11. The molecule has 1 aromatic heterocycles. The quantitative estimate of drug-likeness (QED) is 0.341. The fraction of sp³-hybridized carbons (Fsp3) is 0. The molecule has 0 radical (unpaired) electrons. The molecule has 0 atom stereocenters. The van der Waals surface area contributed by atoms with E-state index >= 15 is 0 Å². The SMILES string of the molecule is Oc1c(Cl)c(Cl)c(-n2c3ccccc3c3ccccc32)c(Cl)c1Cl. The van der Waals surface area contributed by atoms with E-state index in [1.807, 2.05) is 53.1 Å². The Morgan fingerprint density at radius 2 is 1.04 bits per heavy atom. The molecule has 4 aromatic rings. The zero-order chi connectivity index (χ0) is 17.0. The summed E-state index contributed by atoms with van der Waals surface area (Å²) in [6, 6.07) is 15.8. The third-order valence-corrected chi connectivity index (χ3v) is 5.69. The largest absolute Gasteiger partial charge is 0.505 e. The van der Waals surface area contributed by atoms with Gasteiger partial charge in [0, 0.05) is 10.8 Å². The van der Waals surface area contributed by atoms with E-state index in [2.05, 4.69) is 0 Å². The Balaban J connectivity index is 2.26. The van der Waals surface area contributed by atoms with Gasteiger partial charge >= 0.3 is 0 Å². The molecule has 0 aliphatic carbocycles. The summed E-state index contributed by atoms with van der Waals surface area (Å²) in [5, 5.41) is 12.3. The Labute approximate surface area is 157 Å². The van der Waals surface area contributed by atoms with E-state index in [-0.39, 0.29) is 25.8 Å². The van der Waals surface area contributed by atoms with Crippen molar-refractivity contribution in [1.29, 1.82) is 0 Å². The molecule has 0 saturated heterocycles. The second-order valence-electron chi connectivity index (χ2n) is 5.32. The lowest BCUT2D eigenvalue weighted by Gasteiger charge is -2.15. The maximum absolute atomic E-state index is 9.97. The predicted octanol–water partition coefficient (Wildman–Crippen LogP) is 7.10. The molecular formula is C18H9Cl4NO. The molecule has 0 fully saturated rings. The number of aromatic hydroxyl groups is 1. The lowest BCUT2D eigenvalue weighted by atomic mass is 10.2. The van der Waals surface area contributed by atoms with Gasteiger partial charge in [0.25, 0.3) is 0 Å². The van der Waals surface area contributed by atoms with Crippen LogP contribution in [-0.4, -0.2) is 9.67 Å². The van der Waals surface area contributed by atoms with Gasteiger partial charge in [-0.15, -0.1) is 0 Å². The van der Waals surface area contributed by atoms with Crippen molar-refractivity contribution in [2.24, 2.45) is 0 Å². The van der Waals surface area contributed by atoms with Gasteiger partial charge in [-0.1, -0.05) is 82.8 Å². The number of phenols is 1. The number of para-hydroxylation sites is 2. The van der Waals surface area contributed by atoms with Crippen molar-refractivity contribution in [3.8, 4) is 11.4 Å². The Bertz CT molecular complexity index is 1030. The molecule has 0 spiro atoms. The van der Waals surface area contributed by atoms with Crippen LogP contribution in [0.2, 0.25) is 20.1 Å². The lowest BCUT2D eigenvalue weighted by molar-refractivity contribution is 0.476. The van der Waals surface area contributed by atoms with Crippen molar-refractivity contribution in [1.82, 2.24) is 4.57 Å². The predicted molar refractivity (Wildman–Crippen MR) is 102 cm³/mol. The molecule has 0 unspecified atom stereocenters. The highest BCUT2D eigenvalue weighted by molar-refractivity contribution is 6.50. The maximum Gasteiger partial charge on any atom is 0.156 e. The van der Waals surface area contributed by atoms with Gasteiger partial charge in [-0.3, -0.25) is 0 Å². The average molecular weight is 397 g/mol. The average Bonchev–Trinajstić information content (AvgIpc) is 2.94. The normalized spacial score (nSPS) is 11.5. The molecule has 0 aliphatic heterocycles. The van der Waals surface area contributed by atoms with E-state index in [1.165, 1.54) is 0 Å². The summed E-state index contributed by atoms with van der Waals surface area (Å²) < 4.78 is 1.91. The molecule has 0 bridgehead atoms. The number of halogens is 4. The van der Waals surface area contributed by atoms with Crippen LogP contribution in [0.25, 0.3) is 27.5 Å². The van der Waals surface area contributed by atoms with Crippen LogP contribution in [0, 0.1) is 0 Å². The molecule has 0 saturated carbocycles. The topological polar surface area (TPSA) is 25.2 Å². The van der Waals surface area contributed by atoms with Crippen LogP contribution in [0.4, 0.5) is 0 Å². The van der Waals surface area contributed by atoms with E-state index in [4.69, 9.17) is 46.4 Å². The first-order valence-electron chi connectivity index (χ1n) is 7.06. The smallest absolute Gasteiger partial charge is 0.156 e. The zero-order valence-corrected chi connectivity index (χ0v) is 15.0. The molecule has 4 rings (SSSR count). The number of aromatic nitrogens is 1. The standard InChI is InChI=1S/C18H9Cl4NO/c19-13-15(21)18(24)16(22)14(20)17(13)23-11-7-3-1-5-9(11)10-6-2-4-8-12(10)23/h1-8,24H. The van der Waals surface area contributed by atoms with Crippen LogP contribution in [0.3, 0.4) is 0 Å². The highest BCUT2D eigenvalue weighted by atomic mass is 35.5. The Kier molecular flexibility index (Phi) is 3.81. The number of hydrogen-bond acceptors (Lipinski definition) is 1. The fourth-order valence-electron chi connectivity index (χ4n) is 2.97. The van der Waals surface area contributed by atoms with E-state index in [0.717, 1.165) is 21.8 Å². The van der Waals surface area contributed by atoms with E-state index in [9.17, 15) is 5.11 Å². The van der Waals surface area contributed by atoms with Crippen molar-refractivity contribution in [2.75, 3.05) is 0 Å². The highest BCUT2D eigenvalue weighted by Gasteiger charge is 2.23. The minimum atomic E-state index is -0.321. The lowest BCUT2D eigenvalue weighted by Crippen LogP contribution is -1.98. The van der Waals surface area contributed by atoms with E-state index in [0.29, 0.717) is 5.69 Å². The first-order chi connectivity index (χ1) is 11.5. The molecule has 3 aromatic carbocycles. The van der Waals surface area contributed by atoms with Gasteiger partial charge in [0.1, 0.15) is 10.0 Å². The van der Waals surface area contributed by atoms with Gasteiger partial charge in [-0.2, -0.15) is 0 Å². The Morgan fingerprint density at radius 3 is 1.50 bits per heavy atom. The van der Waals surface area contributed by atoms with Crippen molar-refractivity contribution in [2.45, 2.75) is 0 Å². The van der Waals surface area contributed by atoms with Crippen LogP contribution in [-0.2, 0) is 0 Å². The Morgan fingerprint density at radius 1 is 0.625 bits per heavy atom. The van der Waals surface area contributed by atoms with Gasteiger partial charge in [-0.25, -0.2) is 0 Å². The first-order valence-corrected chi connectivity index (χ1v) is 8.57. The number of nitrogens with zero attached hydrogens (tertiary/aromatic N) is 1. The molecule has 0 amide bonds. The second-order valence-corrected chi connectivity index (χ2v) is 6.83. The third-order valence-electron chi connectivity index (χ3n) is 4.02. The van der Waals surface area contributed by atoms with Crippen molar-refractivity contribution >= 4 is 68.2 Å². The molecule has 1 heterocycles. The number of rotatable bonds is 1. The number of benzene rings is 3. The zero-order valence-electron chi connectivity index (χ0n) is 12.0. The van der Waals surface area contributed by atoms with Gasteiger partial charge in [0.15, 0.2) is 5.75 Å². The second kappa shape index (κ2) is 5.75. The van der Waals surface area contributed by atoms with Crippen LogP contribution in [0.1, 0.15) is 0 Å². The Hall–Kier alpha value is -1.58. The van der Waals surface area contributed by atoms with Crippen molar-refractivity contribution < 1.29 is 5.11 Å². The van der Waals surface area contributed by atoms with Gasteiger partial charge in [-0.05, 0) is 12.1 Å². The monoisotopic (exact) mass is 395 g/mol. The molecule has 2 nitrogen and oxygen atoms in total. The summed E-state index contributed by atoms with van der Waals surface area (Å²) in [4.78, 5) is 0. The van der Waals surface area contributed by atoms with Gasteiger partial charge in [0.2, 0.25) is 0 Å². The molecule has 120 valence electrons. The minimum Gasteiger partial charge on any atom is -0.505 e. The molecule has 0 aliphatic rings. The number of fused-ring (bicyclic) bond motifs is 3. The summed E-state index contributed by atoms with van der Waals surface area (Å²) in [7, 11) is 0. The van der Waals surface area contributed by atoms with Gasteiger partial charge < -0.3 is 9.67 Å². The summed E-state index contributed by atoms with van der Waals surface area (Å²) in [6.45, 7) is 0. The summed E-state index contributed by atoms with van der Waals surface area (Å²) in [5.74, 6) is -0.321. The summed E-state index contributed by atoms with van der Waals surface area (Å²) >= 11 is 25.1. The minimum absolute atomic E-state index is 0.0251. The van der Waals surface area contributed by atoms with Crippen LogP contribution in [0.5, 0.6) is 5.75 Å². The van der Waals surface area contributed by atoms with Crippen LogP contribution < -0.4 is 0 Å². The summed E-state index contributed by atoms with van der Waals surface area (Å²) in [5.41, 5.74) is 2.28. The van der Waals surface area contributed by atoms with Crippen molar-refractivity contribution in [3.63, 3.8) is 0 Å². The van der Waals surface area contributed by atoms with Crippen molar-refractivity contribution in [3.05, 3.63) is 68.6 Å². The number of hydrogen-bond donors (Lipinski definition) is 1. The van der Waals surface area contributed by atoms with Crippen LogP contribution in [0.15, 0.2) is 48.5 Å². The highest BCUT2D eigenvalue weighted by Crippen LogP contribution is 2.48. The fourth-order valence-corrected chi connectivity index (χ4v) is 3.97. The summed E-state index contributed by atoms with van der Waals surface area (Å²) in [6.07, 6.45) is 0. The molecule has 6 heteroatoms. The molecule has 24 heavy (non-hydrogen) atoms. The van der Waals surface area contributed by atoms with E-state index < -0.39 is 0 Å². The van der Waals surface area contributed by atoms with Crippen LogP contribution >= 0.6 is 46.4 Å².